The predicted molar refractivity (Wildman–Crippen MR) is 63.3 cm³/mol. The normalized spacial score (nSPS) is 10.8. The standard InChI is InChI=1S/C10H11ClN4O/c1-7(16)15-9(10(11)12)6-14-8-3-2-4-13-5-8/h2-6,12,14H,1H3,(H,15,16)/b9-6+,12-10?. The van der Waals surface area contributed by atoms with Gasteiger partial charge >= 0.3 is 0 Å². The molecule has 5 nitrogen and oxygen atoms in total. The molecule has 84 valence electrons. The lowest BCUT2D eigenvalue weighted by Crippen LogP contribution is -2.23. The van der Waals surface area contributed by atoms with Gasteiger partial charge in [0.05, 0.1) is 17.6 Å². The second-order valence-corrected chi connectivity index (χ2v) is 3.32. The van der Waals surface area contributed by atoms with Crippen molar-refractivity contribution in [2.45, 2.75) is 6.92 Å². The number of hydrogen-bond donors (Lipinski definition) is 3. The molecule has 0 atom stereocenters. The predicted octanol–water partition coefficient (Wildman–Crippen LogP) is 1.69. The number of nitrogens with one attached hydrogen (secondary N) is 3. The van der Waals surface area contributed by atoms with Gasteiger partial charge in [0.1, 0.15) is 5.17 Å². The van der Waals surface area contributed by atoms with Gasteiger partial charge in [-0.2, -0.15) is 0 Å². The molecule has 1 aromatic heterocycles. The zero-order valence-corrected chi connectivity index (χ0v) is 9.38. The first kappa shape index (κ1) is 12.2. The summed E-state index contributed by atoms with van der Waals surface area (Å²) in [6.45, 7) is 1.34. The molecule has 0 unspecified atom stereocenters. The van der Waals surface area contributed by atoms with Crippen LogP contribution in [0.3, 0.4) is 0 Å². The Labute approximate surface area is 98.0 Å². The second kappa shape index (κ2) is 5.87. The van der Waals surface area contributed by atoms with Crippen LogP contribution in [-0.4, -0.2) is 16.1 Å². The zero-order valence-electron chi connectivity index (χ0n) is 8.62. The monoisotopic (exact) mass is 238 g/mol. The van der Waals surface area contributed by atoms with E-state index in [1.807, 2.05) is 0 Å². The minimum atomic E-state index is -0.287. The highest BCUT2D eigenvalue weighted by molar-refractivity contribution is 6.68. The van der Waals surface area contributed by atoms with Crippen LogP contribution in [0.25, 0.3) is 0 Å². The van der Waals surface area contributed by atoms with E-state index in [1.54, 1.807) is 24.5 Å². The Morgan fingerprint density at radius 1 is 1.62 bits per heavy atom. The number of allylic oxidation sites excluding steroid dienone is 1. The van der Waals surface area contributed by atoms with Gasteiger partial charge in [0, 0.05) is 19.3 Å². The molecule has 1 amide bonds. The van der Waals surface area contributed by atoms with E-state index in [0.717, 1.165) is 5.69 Å². The molecule has 0 spiro atoms. The summed E-state index contributed by atoms with van der Waals surface area (Å²) in [7, 11) is 0. The van der Waals surface area contributed by atoms with Crippen molar-refractivity contribution in [3.8, 4) is 0 Å². The number of pyridine rings is 1. The average Bonchev–Trinajstić information content (AvgIpc) is 2.25. The number of carbonyl (C=O) groups excluding carboxylic acids is 1. The average molecular weight is 239 g/mol. The maximum absolute atomic E-state index is 10.8. The number of anilines is 1. The molecule has 0 saturated carbocycles. The molecule has 6 heteroatoms. The summed E-state index contributed by atoms with van der Waals surface area (Å²) in [5.41, 5.74) is 0.946. The van der Waals surface area contributed by atoms with Gasteiger partial charge in [0.15, 0.2) is 0 Å². The Morgan fingerprint density at radius 2 is 2.38 bits per heavy atom. The summed E-state index contributed by atoms with van der Waals surface area (Å²) in [5.74, 6) is -0.287. The number of halogens is 1. The van der Waals surface area contributed by atoms with Crippen LogP contribution < -0.4 is 10.6 Å². The van der Waals surface area contributed by atoms with Gasteiger partial charge in [-0.1, -0.05) is 11.6 Å². The maximum Gasteiger partial charge on any atom is 0.221 e. The summed E-state index contributed by atoms with van der Waals surface area (Å²) in [6, 6.07) is 3.56. The summed E-state index contributed by atoms with van der Waals surface area (Å²) < 4.78 is 0. The summed E-state index contributed by atoms with van der Waals surface area (Å²) in [5, 5.41) is 12.3. The van der Waals surface area contributed by atoms with Crippen molar-refractivity contribution >= 4 is 28.4 Å². The Morgan fingerprint density at radius 3 is 2.88 bits per heavy atom. The van der Waals surface area contributed by atoms with E-state index in [0.29, 0.717) is 0 Å². The molecule has 0 aliphatic rings. The summed E-state index contributed by atoms with van der Waals surface area (Å²) in [6.07, 6.45) is 4.70. The molecule has 0 bridgehead atoms. The largest absolute Gasteiger partial charge is 0.358 e. The molecule has 0 aliphatic heterocycles. The van der Waals surface area contributed by atoms with Gasteiger partial charge in [-0.3, -0.25) is 15.2 Å². The van der Waals surface area contributed by atoms with Crippen molar-refractivity contribution in [1.29, 1.82) is 5.41 Å². The van der Waals surface area contributed by atoms with E-state index in [-0.39, 0.29) is 16.8 Å². The lowest BCUT2D eigenvalue weighted by molar-refractivity contribution is -0.118. The lowest BCUT2D eigenvalue weighted by Gasteiger charge is -2.06. The summed E-state index contributed by atoms with van der Waals surface area (Å²) in [4.78, 5) is 14.7. The van der Waals surface area contributed by atoms with E-state index in [4.69, 9.17) is 17.0 Å². The first-order valence-electron chi connectivity index (χ1n) is 4.48. The lowest BCUT2D eigenvalue weighted by atomic mass is 10.4. The highest BCUT2D eigenvalue weighted by Gasteiger charge is 2.03. The van der Waals surface area contributed by atoms with E-state index < -0.39 is 0 Å². The number of aromatic nitrogens is 1. The van der Waals surface area contributed by atoms with E-state index in [9.17, 15) is 4.79 Å². The molecule has 0 saturated heterocycles. The van der Waals surface area contributed by atoms with Gasteiger partial charge in [-0.05, 0) is 12.1 Å². The minimum Gasteiger partial charge on any atom is -0.358 e. The fourth-order valence-electron chi connectivity index (χ4n) is 0.948. The Bertz CT molecular complexity index is 416. The fraction of sp³-hybridized carbons (Fsp3) is 0.100. The van der Waals surface area contributed by atoms with Crippen molar-refractivity contribution < 1.29 is 4.79 Å². The van der Waals surface area contributed by atoms with E-state index >= 15 is 0 Å². The van der Waals surface area contributed by atoms with Gasteiger partial charge in [0.25, 0.3) is 0 Å². The topological polar surface area (TPSA) is 77.9 Å². The van der Waals surface area contributed by atoms with Crippen LogP contribution in [-0.2, 0) is 4.79 Å². The molecule has 0 fully saturated rings. The van der Waals surface area contributed by atoms with Crippen LogP contribution in [0.15, 0.2) is 36.4 Å². The summed E-state index contributed by atoms with van der Waals surface area (Å²) >= 11 is 5.50. The molecule has 1 rings (SSSR count). The Hall–Kier alpha value is -1.88. The van der Waals surface area contributed by atoms with E-state index in [2.05, 4.69) is 15.6 Å². The highest BCUT2D eigenvalue weighted by atomic mass is 35.5. The van der Waals surface area contributed by atoms with Gasteiger partial charge in [-0.25, -0.2) is 0 Å². The number of amides is 1. The Balaban J connectivity index is 2.72. The third-order valence-corrected chi connectivity index (χ3v) is 1.80. The number of nitrogens with zero attached hydrogens (tertiary/aromatic N) is 1. The first-order chi connectivity index (χ1) is 7.59. The van der Waals surface area contributed by atoms with Crippen LogP contribution in [0.1, 0.15) is 6.92 Å². The second-order valence-electron chi connectivity index (χ2n) is 2.94. The third kappa shape index (κ3) is 4.10. The maximum atomic E-state index is 10.8. The van der Waals surface area contributed by atoms with Gasteiger partial charge in [-0.15, -0.1) is 0 Å². The number of rotatable bonds is 4. The quantitative estimate of drug-likeness (QED) is 0.699. The molecule has 3 N–H and O–H groups in total. The van der Waals surface area contributed by atoms with Crippen molar-refractivity contribution in [2.75, 3.05) is 5.32 Å². The SMILES string of the molecule is CC(=O)N/C(=C/Nc1cccnc1)C(=N)Cl. The molecule has 16 heavy (non-hydrogen) atoms. The minimum absolute atomic E-state index is 0.206. The third-order valence-electron chi connectivity index (χ3n) is 1.59. The molecule has 0 aromatic carbocycles. The smallest absolute Gasteiger partial charge is 0.221 e. The van der Waals surface area contributed by atoms with Crippen LogP contribution in [0.2, 0.25) is 0 Å². The van der Waals surface area contributed by atoms with Crippen molar-refractivity contribution in [1.82, 2.24) is 10.3 Å². The van der Waals surface area contributed by atoms with Crippen LogP contribution >= 0.6 is 11.6 Å². The molecule has 1 aromatic rings. The van der Waals surface area contributed by atoms with Gasteiger partial charge in [0.2, 0.25) is 5.91 Å². The van der Waals surface area contributed by atoms with Crippen molar-refractivity contribution in [3.63, 3.8) is 0 Å². The van der Waals surface area contributed by atoms with E-state index in [1.165, 1.54) is 13.1 Å². The first-order valence-corrected chi connectivity index (χ1v) is 4.86. The molecule has 0 radical (unpaired) electrons. The fourth-order valence-corrected chi connectivity index (χ4v) is 1.05. The molecule has 1 heterocycles. The van der Waals surface area contributed by atoms with Crippen LogP contribution in [0.5, 0.6) is 0 Å². The molecular formula is C10H11ClN4O. The Kier molecular flexibility index (Phi) is 4.47. The number of hydrogen-bond acceptors (Lipinski definition) is 4. The number of carbonyl (C=O) groups is 1. The van der Waals surface area contributed by atoms with Crippen molar-refractivity contribution in [2.24, 2.45) is 0 Å². The van der Waals surface area contributed by atoms with Crippen LogP contribution in [0, 0.1) is 5.41 Å². The zero-order chi connectivity index (χ0) is 12.0. The highest BCUT2D eigenvalue weighted by Crippen LogP contribution is 2.04. The van der Waals surface area contributed by atoms with Crippen LogP contribution in [0.4, 0.5) is 5.69 Å². The molecule has 0 aliphatic carbocycles. The van der Waals surface area contributed by atoms with Gasteiger partial charge < -0.3 is 10.6 Å². The van der Waals surface area contributed by atoms with Crippen molar-refractivity contribution in [3.05, 3.63) is 36.4 Å². The molecular weight excluding hydrogens is 228 g/mol.